The van der Waals surface area contributed by atoms with Gasteiger partial charge in [-0.2, -0.15) is 0 Å². The van der Waals surface area contributed by atoms with Gasteiger partial charge in [0.2, 0.25) is 0 Å². The van der Waals surface area contributed by atoms with Crippen molar-refractivity contribution < 1.29 is 19.1 Å². The molecule has 0 radical (unpaired) electrons. The highest BCUT2D eigenvalue weighted by Gasteiger charge is 2.37. The van der Waals surface area contributed by atoms with Gasteiger partial charge in [0, 0.05) is 31.8 Å². The molecule has 0 heterocycles. The van der Waals surface area contributed by atoms with Crippen molar-refractivity contribution in [2.75, 3.05) is 33.4 Å². The van der Waals surface area contributed by atoms with Crippen LogP contribution in [0.3, 0.4) is 0 Å². The van der Waals surface area contributed by atoms with Gasteiger partial charge < -0.3 is 14.3 Å². The highest BCUT2D eigenvalue weighted by atomic mass is 28.4. The first kappa shape index (κ1) is 23.8. The van der Waals surface area contributed by atoms with Crippen LogP contribution in [0.2, 0.25) is 18.1 Å². The Kier molecular flexibility index (Phi) is 8.23. The molecule has 2 rings (SSSR count). The number of hydrogen-bond acceptors (Lipinski definition) is 5. The number of ether oxygens (including phenoxy) is 1. The predicted molar refractivity (Wildman–Crippen MR) is 120 cm³/mol. The fourth-order valence-electron chi connectivity index (χ4n) is 3.52. The van der Waals surface area contributed by atoms with Crippen molar-refractivity contribution in [3.63, 3.8) is 0 Å². The minimum Gasteiger partial charge on any atom is -0.466 e. The van der Waals surface area contributed by atoms with E-state index >= 15 is 0 Å². The van der Waals surface area contributed by atoms with E-state index in [0.29, 0.717) is 19.2 Å². The van der Waals surface area contributed by atoms with Crippen LogP contribution >= 0.6 is 0 Å². The van der Waals surface area contributed by atoms with Crippen LogP contribution in [0.1, 0.15) is 49.9 Å². The number of aliphatic hydroxyl groups excluding tert-OH is 1. The molecular formula is C23H37NO4Si. The van der Waals surface area contributed by atoms with Crippen LogP contribution in [0.25, 0.3) is 6.08 Å². The third-order valence-corrected chi connectivity index (χ3v) is 10.8. The molecule has 1 aliphatic rings. The fraction of sp³-hybridized carbons (Fsp3) is 0.609. The van der Waals surface area contributed by atoms with Crippen molar-refractivity contribution in [3.8, 4) is 0 Å². The second kappa shape index (κ2) is 10.0. The molecule has 29 heavy (non-hydrogen) atoms. The fourth-order valence-corrected chi connectivity index (χ4v) is 4.55. The third kappa shape index (κ3) is 6.25. The summed E-state index contributed by atoms with van der Waals surface area (Å²) < 4.78 is 11.0. The molecule has 0 aromatic heterocycles. The molecule has 0 amide bonds. The van der Waals surface area contributed by atoms with E-state index in [9.17, 15) is 9.90 Å². The van der Waals surface area contributed by atoms with Gasteiger partial charge in [0.05, 0.1) is 13.7 Å². The molecule has 0 spiro atoms. The van der Waals surface area contributed by atoms with E-state index in [-0.39, 0.29) is 17.6 Å². The minimum atomic E-state index is -1.77. The summed E-state index contributed by atoms with van der Waals surface area (Å²) in [5.74, 6) is -0.348. The van der Waals surface area contributed by atoms with E-state index in [0.717, 1.165) is 24.9 Å². The second-order valence-electron chi connectivity index (χ2n) is 9.24. The van der Waals surface area contributed by atoms with Crippen molar-refractivity contribution in [2.45, 2.75) is 57.8 Å². The Morgan fingerprint density at radius 2 is 2.03 bits per heavy atom. The largest absolute Gasteiger partial charge is 0.466 e. The lowest BCUT2D eigenvalue weighted by atomic mass is 10.0. The van der Waals surface area contributed by atoms with Crippen LogP contribution in [-0.4, -0.2) is 57.7 Å². The number of nitrogens with zero attached hydrogens (tertiary/aromatic N) is 1. The predicted octanol–water partition coefficient (Wildman–Crippen LogP) is 4.18. The average Bonchev–Trinajstić information content (AvgIpc) is 3.07. The third-order valence-electron chi connectivity index (χ3n) is 6.30. The van der Waals surface area contributed by atoms with Crippen molar-refractivity contribution in [1.29, 1.82) is 0 Å². The molecule has 1 aromatic rings. The molecule has 0 saturated carbocycles. The van der Waals surface area contributed by atoms with Crippen LogP contribution in [-0.2, 0) is 20.4 Å². The molecule has 0 aliphatic heterocycles. The smallest absolute Gasteiger partial charge is 0.330 e. The number of carbonyl (C=O) groups excluding carboxylic acids is 1. The van der Waals surface area contributed by atoms with Crippen LogP contribution in [0.5, 0.6) is 0 Å². The Hall–Kier alpha value is -1.47. The molecule has 0 saturated heterocycles. The van der Waals surface area contributed by atoms with Gasteiger partial charge >= 0.3 is 5.97 Å². The number of carbonyl (C=O) groups is 1. The summed E-state index contributed by atoms with van der Waals surface area (Å²) in [5, 5.41) is 9.79. The van der Waals surface area contributed by atoms with Gasteiger partial charge in [-0.05, 0) is 53.7 Å². The lowest BCUT2D eigenvalue weighted by Gasteiger charge is -2.37. The van der Waals surface area contributed by atoms with Gasteiger partial charge in [0.15, 0.2) is 8.32 Å². The van der Waals surface area contributed by atoms with Crippen molar-refractivity contribution in [3.05, 3.63) is 41.0 Å². The highest BCUT2D eigenvalue weighted by molar-refractivity contribution is 6.74. The lowest BCUT2D eigenvalue weighted by molar-refractivity contribution is -0.134. The minimum absolute atomic E-state index is 0.145. The quantitative estimate of drug-likeness (QED) is 0.370. The standard InChI is InChI=1S/C23H37NO4Si/c1-23(2,3)29(5,6)28-16-14-24(13-15-25)21-11-9-19-17-18(7-10-20(19)21)8-12-22(26)27-4/h7-8,10,12,17,21,25H,9,11,13-16H2,1-6H3. The van der Waals surface area contributed by atoms with Crippen molar-refractivity contribution in [2.24, 2.45) is 0 Å². The molecule has 1 atom stereocenters. The zero-order chi connectivity index (χ0) is 21.7. The molecule has 0 bridgehead atoms. The summed E-state index contributed by atoms with van der Waals surface area (Å²) in [5.41, 5.74) is 3.64. The molecule has 1 unspecified atom stereocenters. The van der Waals surface area contributed by atoms with Crippen LogP contribution in [0.15, 0.2) is 24.3 Å². The van der Waals surface area contributed by atoms with Crippen LogP contribution < -0.4 is 0 Å². The van der Waals surface area contributed by atoms with Crippen LogP contribution in [0, 0.1) is 0 Å². The van der Waals surface area contributed by atoms with Crippen LogP contribution in [0.4, 0.5) is 0 Å². The first-order valence-electron chi connectivity index (χ1n) is 10.5. The van der Waals surface area contributed by atoms with Gasteiger partial charge in [-0.15, -0.1) is 0 Å². The first-order valence-corrected chi connectivity index (χ1v) is 13.4. The van der Waals surface area contributed by atoms with Gasteiger partial charge in [-0.3, -0.25) is 4.90 Å². The summed E-state index contributed by atoms with van der Waals surface area (Å²) in [6, 6.07) is 6.65. The zero-order valence-corrected chi connectivity index (χ0v) is 19.8. The van der Waals surface area contributed by atoms with E-state index < -0.39 is 8.32 Å². The number of hydrogen-bond donors (Lipinski definition) is 1. The Morgan fingerprint density at radius 1 is 1.31 bits per heavy atom. The Balaban J connectivity index is 2.06. The van der Waals surface area contributed by atoms with E-state index in [2.05, 4.69) is 55.6 Å². The molecule has 0 fully saturated rings. The number of fused-ring (bicyclic) bond motifs is 1. The van der Waals surface area contributed by atoms with E-state index in [1.807, 2.05) is 6.07 Å². The van der Waals surface area contributed by atoms with E-state index in [1.54, 1.807) is 6.08 Å². The molecule has 1 N–H and O–H groups in total. The maximum atomic E-state index is 11.3. The van der Waals surface area contributed by atoms with Gasteiger partial charge in [0.1, 0.15) is 0 Å². The first-order chi connectivity index (χ1) is 13.6. The molecule has 162 valence electrons. The van der Waals surface area contributed by atoms with E-state index in [1.165, 1.54) is 24.3 Å². The van der Waals surface area contributed by atoms with Gasteiger partial charge in [-0.25, -0.2) is 4.79 Å². The molecule has 1 aliphatic carbocycles. The van der Waals surface area contributed by atoms with Crippen molar-refractivity contribution >= 4 is 20.4 Å². The number of esters is 1. The highest BCUT2D eigenvalue weighted by Crippen LogP contribution is 2.38. The summed E-state index contributed by atoms with van der Waals surface area (Å²) >= 11 is 0. The Morgan fingerprint density at radius 3 is 2.66 bits per heavy atom. The average molecular weight is 420 g/mol. The Bertz CT molecular complexity index is 724. The maximum Gasteiger partial charge on any atom is 0.330 e. The summed E-state index contributed by atoms with van der Waals surface area (Å²) in [4.78, 5) is 13.7. The van der Waals surface area contributed by atoms with E-state index in [4.69, 9.17) is 4.43 Å². The number of aliphatic hydroxyl groups is 1. The number of rotatable bonds is 9. The molecule has 6 heteroatoms. The lowest BCUT2D eigenvalue weighted by Crippen LogP contribution is -2.43. The monoisotopic (exact) mass is 419 g/mol. The summed E-state index contributed by atoms with van der Waals surface area (Å²) in [6.07, 6.45) is 5.28. The zero-order valence-electron chi connectivity index (χ0n) is 18.8. The summed E-state index contributed by atoms with van der Waals surface area (Å²) in [6.45, 7) is 13.6. The van der Waals surface area contributed by atoms with Crippen molar-refractivity contribution in [1.82, 2.24) is 4.90 Å². The number of benzene rings is 1. The second-order valence-corrected chi connectivity index (χ2v) is 14.0. The number of methoxy groups -OCH3 is 1. The number of aryl methyl sites for hydroxylation is 1. The molecule has 5 nitrogen and oxygen atoms in total. The molecular weight excluding hydrogens is 382 g/mol. The summed E-state index contributed by atoms with van der Waals surface area (Å²) in [7, 11) is -0.390. The van der Waals surface area contributed by atoms with Gasteiger partial charge in [-0.1, -0.05) is 39.0 Å². The Labute approximate surface area is 176 Å². The normalized spacial score (nSPS) is 17.2. The SMILES string of the molecule is COC(=O)C=Cc1ccc2c(c1)CCC2N(CCO)CCO[Si](C)(C)C(C)(C)C. The maximum absolute atomic E-state index is 11.3. The van der Waals surface area contributed by atoms with Gasteiger partial charge in [0.25, 0.3) is 0 Å². The molecule has 1 aromatic carbocycles. The topological polar surface area (TPSA) is 59.0 Å².